The Morgan fingerprint density at radius 3 is 2.71 bits per heavy atom. The number of rotatable bonds is 4. The van der Waals surface area contributed by atoms with Gasteiger partial charge in [-0.15, -0.1) is 0 Å². The molecule has 138 valence electrons. The summed E-state index contributed by atoms with van der Waals surface area (Å²) in [6.45, 7) is 1.95. The van der Waals surface area contributed by atoms with Crippen LogP contribution in [0.2, 0.25) is 0 Å². The number of thiazole rings is 1. The molecule has 0 spiro atoms. The maximum Gasteiger partial charge on any atom is 0.248 e. The number of benzene rings is 2. The van der Waals surface area contributed by atoms with Crippen LogP contribution in [0.3, 0.4) is 0 Å². The fourth-order valence-corrected chi connectivity index (χ4v) is 3.80. The van der Waals surface area contributed by atoms with Crippen molar-refractivity contribution in [3.63, 3.8) is 0 Å². The van der Waals surface area contributed by atoms with E-state index in [0.717, 1.165) is 37.7 Å². The molecular weight excluding hydrogens is 373 g/mol. The minimum Gasteiger partial charge on any atom is -0.322 e. The van der Waals surface area contributed by atoms with Crippen LogP contribution in [0, 0.1) is 12.7 Å². The summed E-state index contributed by atoms with van der Waals surface area (Å²) in [7, 11) is 0. The second kappa shape index (κ2) is 7.70. The highest BCUT2D eigenvalue weighted by Gasteiger charge is 2.12. The fraction of sp³-hybridized carbons (Fsp3) is 0.0455. The Bertz CT molecular complexity index is 1150. The Kier molecular flexibility index (Phi) is 4.95. The standard InChI is InChI=1S/C22H16FN3OS/c1-14-17(21-26-19-6-3-13-24-22(19)28-21)4-2-5-18(14)25-20(27)12-9-15-7-10-16(23)11-8-15/h2-13H,1H3,(H,25,27)/b12-9+. The van der Waals surface area contributed by atoms with Gasteiger partial charge in [0.05, 0.1) is 0 Å². The summed E-state index contributed by atoms with van der Waals surface area (Å²) in [5.74, 6) is -0.561. The van der Waals surface area contributed by atoms with Crippen LogP contribution in [0.4, 0.5) is 10.1 Å². The van der Waals surface area contributed by atoms with Gasteiger partial charge in [-0.25, -0.2) is 14.4 Å². The average Bonchev–Trinajstić information content (AvgIpc) is 3.13. The molecule has 4 nitrogen and oxygen atoms in total. The molecule has 0 aliphatic heterocycles. The van der Waals surface area contributed by atoms with E-state index in [1.54, 1.807) is 24.4 Å². The summed E-state index contributed by atoms with van der Waals surface area (Å²) < 4.78 is 13.0. The minimum atomic E-state index is -0.306. The van der Waals surface area contributed by atoms with Gasteiger partial charge in [0.15, 0.2) is 0 Å². The molecule has 4 aromatic rings. The predicted octanol–water partition coefficient (Wildman–Crippen LogP) is 5.46. The zero-order chi connectivity index (χ0) is 19.5. The number of pyridine rings is 1. The van der Waals surface area contributed by atoms with E-state index in [2.05, 4.69) is 15.3 Å². The van der Waals surface area contributed by atoms with Crippen molar-refractivity contribution < 1.29 is 9.18 Å². The van der Waals surface area contributed by atoms with Crippen LogP contribution >= 0.6 is 11.3 Å². The van der Waals surface area contributed by atoms with Gasteiger partial charge in [-0.1, -0.05) is 35.6 Å². The molecule has 0 unspecified atom stereocenters. The van der Waals surface area contributed by atoms with Gasteiger partial charge in [0, 0.05) is 23.5 Å². The van der Waals surface area contributed by atoms with Crippen LogP contribution in [-0.2, 0) is 4.79 Å². The largest absolute Gasteiger partial charge is 0.322 e. The molecule has 0 saturated heterocycles. The number of halogens is 1. The van der Waals surface area contributed by atoms with E-state index in [0.29, 0.717) is 0 Å². The normalized spacial score (nSPS) is 11.2. The third-order valence-corrected chi connectivity index (χ3v) is 5.30. The highest BCUT2D eigenvalue weighted by molar-refractivity contribution is 7.21. The molecular formula is C22H16FN3OS. The molecule has 2 aromatic carbocycles. The van der Waals surface area contributed by atoms with Crippen LogP contribution in [0.5, 0.6) is 0 Å². The van der Waals surface area contributed by atoms with Gasteiger partial charge in [-0.2, -0.15) is 0 Å². The van der Waals surface area contributed by atoms with Crippen LogP contribution in [-0.4, -0.2) is 15.9 Å². The highest BCUT2D eigenvalue weighted by atomic mass is 32.1. The number of hydrogen-bond donors (Lipinski definition) is 1. The summed E-state index contributed by atoms with van der Waals surface area (Å²) in [4.78, 5) is 22.2. The first-order chi connectivity index (χ1) is 13.6. The third-order valence-electron chi connectivity index (χ3n) is 4.29. The molecule has 2 heterocycles. The number of nitrogens with zero attached hydrogens (tertiary/aromatic N) is 2. The van der Waals surface area contributed by atoms with Crippen molar-refractivity contribution in [2.24, 2.45) is 0 Å². The lowest BCUT2D eigenvalue weighted by Gasteiger charge is -2.10. The summed E-state index contributed by atoms with van der Waals surface area (Å²) in [6, 6.07) is 15.5. The molecule has 0 radical (unpaired) electrons. The molecule has 2 aromatic heterocycles. The smallest absolute Gasteiger partial charge is 0.248 e. The summed E-state index contributed by atoms with van der Waals surface area (Å²) in [5, 5.41) is 3.76. The van der Waals surface area contributed by atoms with E-state index in [-0.39, 0.29) is 11.7 Å². The lowest BCUT2D eigenvalue weighted by Crippen LogP contribution is -2.09. The zero-order valence-electron chi connectivity index (χ0n) is 15.0. The molecule has 0 fully saturated rings. The van der Waals surface area contributed by atoms with Gasteiger partial charge in [-0.05, 0) is 54.5 Å². The second-order valence-corrected chi connectivity index (χ2v) is 7.18. The van der Waals surface area contributed by atoms with E-state index < -0.39 is 0 Å². The maximum atomic E-state index is 13.0. The molecule has 0 saturated carbocycles. The number of carbonyl (C=O) groups is 1. The van der Waals surface area contributed by atoms with E-state index >= 15 is 0 Å². The quantitative estimate of drug-likeness (QED) is 0.472. The maximum absolute atomic E-state index is 13.0. The van der Waals surface area contributed by atoms with Crippen molar-refractivity contribution in [3.8, 4) is 10.6 Å². The van der Waals surface area contributed by atoms with Gasteiger partial charge in [0.25, 0.3) is 0 Å². The second-order valence-electron chi connectivity index (χ2n) is 6.20. The highest BCUT2D eigenvalue weighted by Crippen LogP contribution is 2.33. The first-order valence-corrected chi connectivity index (χ1v) is 9.48. The van der Waals surface area contributed by atoms with Crippen LogP contribution in [0.25, 0.3) is 27.0 Å². The molecule has 6 heteroatoms. The molecule has 4 rings (SSSR count). The molecule has 28 heavy (non-hydrogen) atoms. The molecule has 0 aliphatic rings. The van der Waals surface area contributed by atoms with E-state index in [4.69, 9.17) is 0 Å². The summed E-state index contributed by atoms with van der Waals surface area (Å²) >= 11 is 1.52. The van der Waals surface area contributed by atoms with Crippen LogP contribution in [0.15, 0.2) is 66.9 Å². The Balaban J connectivity index is 1.56. The van der Waals surface area contributed by atoms with Gasteiger partial charge >= 0.3 is 0 Å². The number of nitrogens with one attached hydrogen (secondary N) is 1. The minimum absolute atomic E-state index is 0.254. The Morgan fingerprint density at radius 2 is 1.93 bits per heavy atom. The van der Waals surface area contributed by atoms with Crippen molar-refractivity contribution in [2.75, 3.05) is 5.32 Å². The van der Waals surface area contributed by atoms with Gasteiger partial charge in [0.2, 0.25) is 5.91 Å². The van der Waals surface area contributed by atoms with Crippen molar-refractivity contribution >= 4 is 39.4 Å². The first kappa shape index (κ1) is 18.0. The number of amides is 1. The SMILES string of the molecule is Cc1c(NC(=O)/C=C/c2ccc(F)cc2)cccc1-c1nc2cccnc2s1. The zero-order valence-corrected chi connectivity index (χ0v) is 15.8. The van der Waals surface area contributed by atoms with Crippen molar-refractivity contribution in [1.29, 1.82) is 0 Å². The van der Waals surface area contributed by atoms with Crippen molar-refractivity contribution in [1.82, 2.24) is 9.97 Å². The Morgan fingerprint density at radius 1 is 1.11 bits per heavy atom. The molecule has 0 bridgehead atoms. The van der Waals surface area contributed by atoms with Crippen LogP contribution < -0.4 is 5.32 Å². The molecule has 1 amide bonds. The van der Waals surface area contributed by atoms with E-state index in [1.807, 2.05) is 37.3 Å². The predicted molar refractivity (Wildman–Crippen MR) is 112 cm³/mol. The topological polar surface area (TPSA) is 54.9 Å². The van der Waals surface area contributed by atoms with Gasteiger partial charge in [0.1, 0.15) is 21.2 Å². The molecule has 1 N–H and O–H groups in total. The Labute approximate surface area is 165 Å². The first-order valence-electron chi connectivity index (χ1n) is 8.66. The number of anilines is 1. The summed E-state index contributed by atoms with van der Waals surface area (Å²) in [6.07, 6.45) is 4.83. The number of aromatic nitrogens is 2. The van der Waals surface area contributed by atoms with Crippen LogP contribution in [0.1, 0.15) is 11.1 Å². The lowest BCUT2D eigenvalue weighted by atomic mass is 10.1. The summed E-state index contributed by atoms with van der Waals surface area (Å²) in [5.41, 5.74) is 4.23. The Hall–Kier alpha value is -3.38. The van der Waals surface area contributed by atoms with Gasteiger partial charge in [-0.3, -0.25) is 4.79 Å². The number of hydrogen-bond acceptors (Lipinski definition) is 4. The van der Waals surface area contributed by atoms with Crippen molar-refractivity contribution in [3.05, 3.63) is 83.8 Å². The van der Waals surface area contributed by atoms with Gasteiger partial charge < -0.3 is 5.32 Å². The van der Waals surface area contributed by atoms with Crippen molar-refractivity contribution in [2.45, 2.75) is 6.92 Å². The average molecular weight is 389 g/mol. The fourth-order valence-electron chi connectivity index (χ4n) is 2.81. The number of carbonyl (C=O) groups excluding carboxylic acids is 1. The van der Waals surface area contributed by atoms with E-state index in [9.17, 15) is 9.18 Å². The third kappa shape index (κ3) is 3.82. The molecule has 0 aliphatic carbocycles. The van der Waals surface area contributed by atoms with E-state index in [1.165, 1.54) is 29.5 Å². The number of fused-ring (bicyclic) bond motifs is 1. The lowest BCUT2D eigenvalue weighted by molar-refractivity contribution is -0.111. The molecule has 0 atom stereocenters. The monoisotopic (exact) mass is 389 g/mol.